The number of hydrogen-bond donors (Lipinski definition) is 3. The van der Waals surface area contributed by atoms with Gasteiger partial charge in [0.25, 0.3) is 0 Å². The van der Waals surface area contributed by atoms with E-state index in [1.807, 2.05) is 45.0 Å². The van der Waals surface area contributed by atoms with Crippen LogP contribution in [0.15, 0.2) is 42.5 Å². The number of esters is 1. The molecule has 0 atom stereocenters. The molecule has 3 aromatic rings. The van der Waals surface area contributed by atoms with Crippen molar-refractivity contribution in [1.29, 1.82) is 0 Å². The summed E-state index contributed by atoms with van der Waals surface area (Å²) in [6.45, 7) is 5.67. The highest BCUT2D eigenvalue weighted by Gasteiger charge is 2.46. The van der Waals surface area contributed by atoms with Crippen molar-refractivity contribution in [1.82, 2.24) is 10.3 Å². The van der Waals surface area contributed by atoms with E-state index in [-0.39, 0.29) is 24.8 Å². The molecule has 0 fully saturated rings. The third kappa shape index (κ3) is 5.26. The minimum Gasteiger partial charge on any atom is -0.460 e. The average molecular weight is 466 g/mol. The second-order valence-electron chi connectivity index (χ2n) is 9.56. The highest BCUT2D eigenvalue weighted by Crippen LogP contribution is 2.40. The second kappa shape index (κ2) is 8.89. The Morgan fingerprint density at radius 1 is 1.15 bits per heavy atom. The van der Waals surface area contributed by atoms with Crippen LogP contribution in [0.2, 0.25) is 0 Å². The molecule has 7 nitrogen and oxygen atoms in total. The van der Waals surface area contributed by atoms with Crippen LogP contribution in [-0.2, 0) is 33.7 Å². The largest absolute Gasteiger partial charge is 0.488 e. The summed E-state index contributed by atoms with van der Waals surface area (Å²) in [5, 5.41) is 22.4. The summed E-state index contributed by atoms with van der Waals surface area (Å²) < 4.78 is 6.43. The highest BCUT2D eigenvalue weighted by molar-refractivity contribution is 7.18. The van der Waals surface area contributed by atoms with Crippen LogP contribution in [-0.4, -0.2) is 39.6 Å². The molecule has 0 saturated carbocycles. The number of hydrogen-bond acceptors (Lipinski definition) is 7. The topological polar surface area (TPSA) is 109 Å². The Morgan fingerprint density at radius 3 is 2.42 bits per heavy atom. The fourth-order valence-electron chi connectivity index (χ4n) is 4.29. The first-order chi connectivity index (χ1) is 15.5. The van der Waals surface area contributed by atoms with E-state index in [2.05, 4.69) is 10.3 Å². The molecule has 1 heterocycles. The second-order valence-corrected chi connectivity index (χ2v) is 10.7. The quantitative estimate of drug-likeness (QED) is 0.379. The van der Waals surface area contributed by atoms with Gasteiger partial charge in [-0.15, -0.1) is 11.3 Å². The molecule has 2 aromatic carbocycles. The summed E-state index contributed by atoms with van der Waals surface area (Å²) >= 11 is 1.43. The van der Waals surface area contributed by atoms with E-state index >= 15 is 0 Å². The number of ether oxygens (including phenoxy) is 1. The van der Waals surface area contributed by atoms with E-state index in [0.717, 1.165) is 15.8 Å². The van der Waals surface area contributed by atoms with Crippen LogP contribution in [0.5, 0.6) is 0 Å². The van der Waals surface area contributed by atoms with Crippen molar-refractivity contribution < 1.29 is 24.4 Å². The number of rotatable bonds is 6. The zero-order valence-electron chi connectivity index (χ0n) is 18.9. The standard InChI is InChI=1S/C24H27BN2O5S/c1-23(2,3)32-21(28)13-24(11-15-6-4-5-7-16(15)12-24)22(29)26-14-20-27-18-10-17(25(30)31)8-9-19(18)33-20/h4-10,30-31H,11-14H2,1-3H3,(H,26,29). The minimum absolute atomic E-state index is 0.00236. The van der Waals surface area contributed by atoms with Gasteiger partial charge in [-0.3, -0.25) is 9.59 Å². The predicted molar refractivity (Wildman–Crippen MR) is 128 cm³/mol. The molecule has 0 radical (unpaired) electrons. The Morgan fingerprint density at radius 2 is 1.82 bits per heavy atom. The number of nitrogens with zero attached hydrogens (tertiary/aromatic N) is 1. The molecule has 0 bridgehead atoms. The first-order valence-electron chi connectivity index (χ1n) is 10.9. The van der Waals surface area contributed by atoms with Gasteiger partial charge in [-0.2, -0.15) is 0 Å². The Bertz CT molecular complexity index is 1180. The maximum Gasteiger partial charge on any atom is 0.488 e. The van der Waals surface area contributed by atoms with Crippen molar-refractivity contribution in [2.45, 2.75) is 52.2 Å². The number of aromatic nitrogens is 1. The van der Waals surface area contributed by atoms with E-state index < -0.39 is 18.1 Å². The highest BCUT2D eigenvalue weighted by atomic mass is 32.1. The Hall–Kier alpha value is -2.75. The van der Waals surface area contributed by atoms with Crippen molar-refractivity contribution in [3.05, 3.63) is 58.6 Å². The van der Waals surface area contributed by atoms with Gasteiger partial charge in [0, 0.05) is 0 Å². The number of carbonyl (C=O) groups excluding carboxylic acids is 2. The molecule has 0 saturated heterocycles. The molecule has 0 unspecified atom stereocenters. The predicted octanol–water partition coefficient (Wildman–Crippen LogP) is 2.11. The molecule has 0 aliphatic heterocycles. The molecule has 1 amide bonds. The lowest BCUT2D eigenvalue weighted by Gasteiger charge is -2.28. The number of benzene rings is 2. The number of nitrogens with one attached hydrogen (secondary N) is 1. The van der Waals surface area contributed by atoms with Crippen molar-refractivity contribution in [2.75, 3.05) is 0 Å². The zero-order valence-corrected chi connectivity index (χ0v) is 19.7. The third-order valence-corrected chi connectivity index (χ3v) is 6.75. The van der Waals surface area contributed by atoms with Gasteiger partial charge < -0.3 is 20.1 Å². The van der Waals surface area contributed by atoms with Gasteiger partial charge in [0.2, 0.25) is 5.91 Å². The van der Waals surface area contributed by atoms with Gasteiger partial charge in [-0.05, 0) is 62.3 Å². The summed E-state index contributed by atoms with van der Waals surface area (Å²) in [6.07, 6.45) is 0.958. The molecule has 4 rings (SSSR count). The summed E-state index contributed by atoms with van der Waals surface area (Å²) in [7, 11) is -1.56. The average Bonchev–Trinajstić information content (AvgIpc) is 3.30. The minimum atomic E-state index is -1.56. The summed E-state index contributed by atoms with van der Waals surface area (Å²) in [5.41, 5.74) is 1.63. The van der Waals surface area contributed by atoms with Gasteiger partial charge >= 0.3 is 13.1 Å². The summed E-state index contributed by atoms with van der Waals surface area (Å²) in [5.74, 6) is -0.587. The molecule has 1 aliphatic rings. The van der Waals surface area contributed by atoms with E-state index in [1.54, 1.807) is 18.2 Å². The number of amides is 1. The number of carbonyl (C=O) groups is 2. The van der Waals surface area contributed by atoms with Crippen molar-refractivity contribution in [2.24, 2.45) is 5.41 Å². The van der Waals surface area contributed by atoms with Gasteiger partial charge in [0.1, 0.15) is 10.6 Å². The molecule has 0 spiro atoms. The monoisotopic (exact) mass is 466 g/mol. The zero-order chi connectivity index (χ0) is 23.8. The lowest BCUT2D eigenvalue weighted by Crippen LogP contribution is -2.44. The fraction of sp³-hybridized carbons (Fsp3) is 0.375. The Kier molecular flexibility index (Phi) is 6.31. The molecule has 172 valence electrons. The van der Waals surface area contributed by atoms with Gasteiger partial charge in [-0.25, -0.2) is 4.98 Å². The summed E-state index contributed by atoms with van der Waals surface area (Å²) in [6, 6.07) is 12.9. The Labute approximate surface area is 197 Å². The van der Waals surface area contributed by atoms with Crippen LogP contribution < -0.4 is 10.8 Å². The van der Waals surface area contributed by atoms with Gasteiger partial charge in [-0.1, -0.05) is 30.3 Å². The number of thiazole rings is 1. The van der Waals surface area contributed by atoms with E-state index in [1.165, 1.54) is 11.3 Å². The van der Waals surface area contributed by atoms with Gasteiger partial charge in [0.15, 0.2) is 0 Å². The normalized spacial score (nSPS) is 14.7. The molecular weight excluding hydrogens is 439 g/mol. The molecule has 3 N–H and O–H groups in total. The molecule has 1 aliphatic carbocycles. The van der Waals surface area contributed by atoms with E-state index in [9.17, 15) is 19.6 Å². The SMILES string of the molecule is CC(C)(C)OC(=O)CC1(C(=O)NCc2nc3cc(B(O)O)ccc3s2)Cc2ccccc2C1. The van der Waals surface area contributed by atoms with Crippen LogP contribution in [0, 0.1) is 5.41 Å². The lowest BCUT2D eigenvalue weighted by molar-refractivity contribution is -0.160. The molecule has 9 heteroatoms. The number of fused-ring (bicyclic) bond motifs is 2. The van der Waals surface area contributed by atoms with Crippen molar-refractivity contribution in [3.63, 3.8) is 0 Å². The first kappa shape index (κ1) is 23.4. The smallest absolute Gasteiger partial charge is 0.460 e. The fourth-order valence-corrected chi connectivity index (χ4v) is 5.17. The van der Waals surface area contributed by atoms with E-state index in [0.29, 0.717) is 28.8 Å². The lowest BCUT2D eigenvalue weighted by atomic mass is 9.80. The third-order valence-electron chi connectivity index (χ3n) is 5.71. The summed E-state index contributed by atoms with van der Waals surface area (Å²) in [4.78, 5) is 30.7. The van der Waals surface area contributed by atoms with Crippen LogP contribution in [0.1, 0.15) is 43.3 Å². The van der Waals surface area contributed by atoms with Gasteiger partial charge in [0.05, 0.1) is 28.6 Å². The molecule has 1 aromatic heterocycles. The maximum absolute atomic E-state index is 13.5. The molecule has 33 heavy (non-hydrogen) atoms. The van der Waals surface area contributed by atoms with Crippen molar-refractivity contribution >= 4 is 46.0 Å². The van der Waals surface area contributed by atoms with Crippen LogP contribution in [0.25, 0.3) is 10.2 Å². The van der Waals surface area contributed by atoms with E-state index in [4.69, 9.17) is 4.74 Å². The first-order valence-corrected chi connectivity index (χ1v) is 11.7. The van der Waals surface area contributed by atoms with Crippen LogP contribution in [0.3, 0.4) is 0 Å². The maximum atomic E-state index is 13.5. The molecular formula is C24H27BN2O5S. The Balaban J connectivity index is 1.52. The van der Waals surface area contributed by atoms with Crippen LogP contribution in [0.4, 0.5) is 0 Å². The van der Waals surface area contributed by atoms with Crippen LogP contribution >= 0.6 is 11.3 Å². The van der Waals surface area contributed by atoms with Crippen molar-refractivity contribution in [3.8, 4) is 0 Å².